The minimum Gasteiger partial charge on any atom is -0.317 e. The number of hydrogen-bond acceptors (Lipinski definition) is 3. The van der Waals surface area contributed by atoms with Gasteiger partial charge in [-0.15, -0.1) is 0 Å². The first-order chi connectivity index (χ1) is 7.72. The summed E-state index contributed by atoms with van der Waals surface area (Å²) >= 11 is 1.80. The predicted octanol–water partition coefficient (Wildman–Crippen LogP) is 2.88. The third-order valence-electron chi connectivity index (χ3n) is 3.86. The predicted molar refractivity (Wildman–Crippen MR) is 71.0 cm³/mol. The molecule has 0 bridgehead atoms. The topological polar surface area (TPSA) is 15.3 Å². The zero-order valence-corrected chi connectivity index (χ0v) is 11.3. The van der Waals surface area contributed by atoms with Crippen molar-refractivity contribution in [2.24, 2.45) is 0 Å². The molecule has 1 N–H and O–H groups in total. The number of rotatable bonds is 3. The molecule has 1 saturated heterocycles. The summed E-state index contributed by atoms with van der Waals surface area (Å²) in [5.41, 5.74) is 1.47. The van der Waals surface area contributed by atoms with Crippen LogP contribution in [0.15, 0.2) is 16.8 Å². The number of thiophene rings is 1. The van der Waals surface area contributed by atoms with E-state index in [1.807, 2.05) is 0 Å². The fourth-order valence-corrected chi connectivity index (χ4v) is 3.48. The maximum atomic E-state index is 3.40. The summed E-state index contributed by atoms with van der Waals surface area (Å²) in [4.78, 5) is 2.63. The first-order valence-electron chi connectivity index (χ1n) is 6.17. The lowest BCUT2D eigenvalue weighted by molar-refractivity contribution is 0.0976. The molecule has 0 radical (unpaired) electrons. The van der Waals surface area contributed by atoms with Crippen LogP contribution in [0.4, 0.5) is 0 Å². The summed E-state index contributed by atoms with van der Waals surface area (Å²) in [5.74, 6) is 0. The van der Waals surface area contributed by atoms with E-state index in [0.29, 0.717) is 18.1 Å². The molecule has 3 heteroatoms. The maximum absolute atomic E-state index is 3.40. The Bertz CT molecular complexity index is 310. The van der Waals surface area contributed by atoms with Crippen LogP contribution in [0, 0.1) is 0 Å². The Kier molecular flexibility index (Phi) is 4.00. The second-order valence-corrected chi connectivity index (χ2v) is 5.61. The molecular formula is C13H22N2S. The van der Waals surface area contributed by atoms with Crippen molar-refractivity contribution in [2.75, 3.05) is 13.6 Å². The zero-order valence-electron chi connectivity index (χ0n) is 10.4. The van der Waals surface area contributed by atoms with Crippen LogP contribution in [0.25, 0.3) is 0 Å². The average molecular weight is 238 g/mol. The van der Waals surface area contributed by atoms with Gasteiger partial charge in [0.05, 0.1) is 0 Å². The molecule has 1 fully saturated rings. The van der Waals surface area contributed by atoms with Crippen LogP contribution >= 0.6 is 11.3 Å². The van der Waals surface area contributed by atoms with E-state index in [2.05, 4.69) is 47.9 Å². The SMILES string of the molecule is CNC1CCN(C(C)c2ccsc2)C(C)C1. The first kappa shape index (κ1) is 12.1. The molecule has 1 aliphatic heterocycles. The van der Waals surface area contributed by atoms with Gasteiger partial charge < -0.3 is 5.32 Å². The van der Waals surface area contributed by atoms with E-state index in [4.69, 9.17) is 0 Å². The molecule has 1 aromatic heterocycles. The van der Waals surface area contributed by atoms with E-state index in [9.17, 15) is 0 Å². The molecule has 90 valence electrons. The van der Waals surface area contributed by atoms with Crippen LogP contribution in [0.3, 0.4) is 0 Å². The first-order valence-corrected chi connectivity index (χ1v) is 7.11. The summed E-state index contributed by atoms with van der Waals surface area (Å²) in [7, 11) is 2.08. The van der Waals surface area contributed by atoms with Crippen molar-refractivity contribution >= 4 is 11.3 Å². The lowest BCUT2D eigenvalue weighted by atomic mass is 9.95. The van der Waals surface area contributed by atoms with Gasteiger partial charge >= 0.3 is 0 Å². The highest BCUT2D eigenvalue weighted by molar-refractivity contribution is 7.07. The Morgan fingerprint density at radius 3 is 2.94 bits per heavy atom. The van der Waals surface area contributed by atoms with Gasteiger partial charge in [0.1, 0.15) is 0 Å². The third kappa shape index (κ3) is 2.47. The highest BCUT2D eigenvalue weighted by atomic mass is 32.1. The van der Waals surface area contributed by atoms with Gasteiger partial charge in [-0.1, -0.05) is 0 Å². The standard InChI is InChI=1S/C13H22N2S/c1-10-8-13(14-3)4-6-15(10)11(2)12-5-7-16-9-12/h5,7,9-11,13-14H,4,6,8H2,1-3H3. The maximum Gasteiger partial charge on any atom is 0.0330 e. The highest BCUT2D eigenvalue weighted by Gasteiger charge is 2.28. The van der Waals surface area contributed by atoms with Gasteiger partial charge in [0.2, 0.25) is 0 Å². The molecule has 16 heavy (non-hydrogen) atoms. The molecule has 1 aromatic rings. The van der Waals surface area contributed by atoms with Crippen molar-refractivity contribution in [3.63, 3.8) is 0 Å². The van der Waals surface area contributed by atoms with Crippen molar-refractivity contribution in [3.8, 4) is 0 Å². The quantitative estimate of drug-likeness (QED) is 0.871. The van der Waals surface area contributed by atoms with Crippen molar-refractivity contribution < 1.29 is 0 Å². The average Bonchev–Trinajstić information content (AvgIpc) is 2.81. The lowest BCUT2D eigenvalue weighted by Gasteiger charge is -2.41. The van der Waals surface area contributed by atoms with Crippen LogP contribution in [0.1, 0.15) is 38.3 Å². The fourth-order valence-electron chi connectivity index (χ4n) is 2.73. The molecule has 3 atom stereocenters. The largest absolute Gasteiger partial charge is 0.317 e. The number of nitrogens with zero attached hydrogens (tertiary/aromatic N) is 1. The number of likely N-dealkylation sites (tertiary alicyclic amines) is 1. The van der Waals surface area contributed by atoms with E-state index < -0.39 is 0 Å². The highest BCUT2D eigenvalue weighted by Crippen LogP contribution is 2.29. The van der Waals surface area contributed by atoms with E-state index in [1.165, 1.54) is 24.9 Å². The van der Waals surface area contributed by atoms with E-state index in [0.717, 1.165) is 0 Å². The molecule has 1 aliphatic rings. The molecule has 0 aliphatic carbocycles. The second-order valence-electron chi connectivity index (χ2n) is 4.83. The van der Waals surface area contributed by atoms with Gasteiger partial charge in [-0.2, -0.15) is 11.3 Å². The van der Waals surface area contributed by atoms with Crippen LogP contribution in [0.2, 0.25) is 0 Å². The smallest absolute Gasteiger partial charge is 0.0330 e. The van der Waals surface area contributed by atoms with Crippen LogP contribution in [-0.2, 0) is 0 Å². The zero-order chi connectivity index (χ0) is 11.5. The minimum atomic E-state index is 0.569. The Morgan fingerprint density at radius 1 is 1.56 bits per heavy atom. The lowest BCUT2D eigenvalue weighted by Crippen LogP contribution is -2.47. The Morgan fingerprint density at radius 2 is 2.38 bits per heavy atom. The van der Waals surface area contributed by atoms with E-state index in [1.54, 1.807) is 11.3 Å². The molecule has 0 aromatic carbocycles. The van der Waals surface area contributed by atoms with Crippen molar-refractivity contribution in [2.45, 2.75) is 44.8 Å². The number of hydrogen-bond donors (Lipinski definition) is 1. The molecular weight excluding hydrogens is 216 g/mol. The minimum absolute atomic E-state index is 0.569. The Balaban J connectivity index is 2.00. The Labute approximate surface area is 103 Å². The molecule has 3 unspecified atom stereocenters. The van der Waals surface area contributed by atoms with Gasteiger partial charge in [0.15, 0.2) is 0 Å². The number of piperidine rings is 1. The summed E-state index contributed by atoms with van der Waals surface area (Å²) < 4.78 is 0. The summed E-state index contributed by atoms with van der Waals surface area (Å²) in [6.45, 7) is 5.90. The monoisotopic (exact) mass is 238 g/mol. The molecule has 0 spiro atoms. The Hall–Kier alpha value is -0.380. The normalized spacial score (nSPS) is 29.2. The molecule has 0 amide bonds. The summed E-state index contributed by atoms with van der Waals surface area (Å²) in [6, 6.07) is 4.22. The van der Waals surface area contributed by atoms with Crippen molar-refractivity contribution in [1.29, 1.82) is 0 Å². The summed E-state index contributed by atoms with van der Waals surface area (Å²) in [5, 5.41) is 7.86. The van der Waals surface area contributed by atoms with Crippen molar-refractivity contribution in [3.05, 3.63) is 22.4 Å². The van der Waals surface area contributed by atoms with Gasteiger partial charge in [-0.25, -0.2) is 0 Å². The number of nitrogens with one attached hydrogen (secondary N) is 1. The van der Waals surface area contributed by atoms with Gasteiger partial charge in [0, 0.05) is 24.7 Å². The van der Waals surface area contributed by atoms with Crippen LogP contribution in [-0.4, -0.2) is 30.6 Å². The van der Waals surface area contributed by atoms with E-state index in [-0.39, 0.29) is 0 Å². The molecule has 2 nitrogen and oxygen atoms in total. The molecule has 0 saturated carbocycles. The summed E-state index contributed by atoms with van der Waals surface area (Å²) in [6.07, 6.45) is 2.54. The second kappa shape index (κ2) is 5.30. The van der Waals surface area contributed by atoms with Gasteiger partial charge in [-0.3, -0.25) is 4.90 Å². The van der Waals surface area contributed by atoms with Crippen LogP contribution < -0.4 is 5.32 Å². The van der Waals surface area contributed by atoms with Gasteiger partial charge in [0.25, 0.3) is 0 Å². The fraction of sp³-hybridized carbons (Fsp3) is 0.692. The molecule has 2 heterocycles. The van der Waals surface area contributed by atoms with Crippen LogP contribution in [0.5, 0.6) is 0 Å². The third-order valence-corrected chi connectivity index (χ3v) is 4.56. The van der Waals surface area contributed by atoms with Gasteiger partial charge in [-0.05, 0) is 56.1 Å². The van der Waals surface area contributed by atoms with Crippen molar-refractivity contribution in [1.82, 2.24) is 10.2 Å². The van der Waals surface area contributed by atoms with E-state index >= 15 is 0 Å². The molecule has 2 rings (SSSR count).